The number of aromatic nitrogens is 1. The van der Waals surface area contributed by atoms with E-state index in [2.05, 4.69) is 65.0 Å². The average Bonchev–Trinajstić information content (AvgIpc) is 3.20. The second-order valence-corrected chi connectivity index (χ2v) is 8.13. The molecule has 144 valence electrons. The first-order valence-corrected chi connectivity index (χ1v) is 9.95. The second-order valence-electron chi connectivity index (χ2n) is 8.13. The second kappa shape index (κ2) is 7.39. The number of nitrogens with one attached hydrogen (secondary N) is 1. The highest BCUT2D eigenvalue weighted by molar-refractivity contribution is 5.56. The summed E-state index contributed by atoms with van der Waals surface area (Å²) in [5.74, 6) is 0.940. The first-order valence-electron chi connectivity index (χ1n) is 9.95. The Morgan fingerprint density at radius 2 is 1.81 bits per heavy atom. The van der Waals surface area contributed by atoms with Crippen molar-refractivity contribution < 1.29 is 4.74 Å². The molecule has 2 aromatic rings. The van der Waals surface area contributed by atoms with Crippen LogP contribution in [0.1, 0.15) is 32.3 Å². The molecular weight excluding hydrogens is 338 g/mol. The molecular formula is C22H29N3O2. The van der Waals surface area contributed by atoms with Crippen LogP contribution in [0, 0.1) is 0 Å². The lowest BCUT2D eigenvalue weighted by Gasteiger charge is -2.39. The number of nitrogens with zero attached hydrogens (tertiary/aromatic N) is 2. The van der Waals surface area contributed by atoms with Gasteiger partial charge in [0.15, 0.2) is 0 Å². The van der Waals surface area contributed by atoms with Crippen LogP contribution in [0.4, 0.5) is 11.5 Å². The van der Waals surface area contributed by atoms with Gasteiger partial charge in [-0.15, -0.1) is 0 Å². The van der Waals surface area contributed by atoms with Crippen molar-refractivity contribution in [3.05, 3.63) is 58.4 Å². The van der Waals surface area contributed by atoms with Crippen molar-refractivity contribution in [3.8, 4) is 0 Å². The van der Waals surface area contributed by atoms with E-state index >= 15 is 0 Å². The Morgan fingerprint density at radius 1 is 1.07 bits per heavy atom. The number of ether oxygens (including phenoxy) is 1. The number of aromatic amines is 1. The predicted molar refractivity (Wildman–Crippen MR) is 110 cm³/mol. The van der Waals surface area contributed by atoms with Crippen LogP contribution in [0.2, 0.25) is 0 Å². The number of morpholine rings is 1. The Kier molecular flexibility index (Phi) is 4.96. The number of pyridine rings is 1. The normalized spacial score (nSPS) is 20.9. The van der Waals surface area contributed by atoms with E-state index in [9.17, 15) is 4.79 Å². The molecule has 3 heterocycles. The first-order chi connectivity index (χ1) is 13.1. The number of hydrogen-bond donors (Lipinski definition) is 1. The maximum absolute atomic E-state index is 12.4. The van der Waals surface area contributed by atoms with E-state index in [1.54, 1.807) is 6.07 Å². The molecule has 0 aliphatic carbocycles. The van der Waals surface area contributed by atoms with Gasteiger partial charge in [-0.25, -0.2) is 0 Å². The van der Waals surface area contributed by atoms with Gasteiger partial charge in [0.2, 0.25) is 0 Å². The van der Waals surface area contributed by atoms with Gasteiger partial charge < -0.3 is 19.5 Å². The van der Waals surface area contributed by atoms with Gasteiger partial charge in [-0.2, -0.15) is 0 Å². The zero-order chi connectivity index (χ0) is 18.9. The summed E-state index contributed by atoms with van der Waals surface area (Å²) in [7, 11) is 0. The smallest absolute Gasteiger partial charge is 0.251 e. The SMILES string of the molecule is CC(C)(c1ccccc1)C1CCCN1c1cc(N2CCOCC2)cc(=O)[nH]1. The Bertz CT molecular complexity index is 825. The van der Waals surface area contributed by atoms with Crippen molar-refractivity contribution in [2.24, 2.45) is 0 Å². The van der Waals surface area contributed by atoms with Gasteiger partial charge in [-0.1, -0.05) is 44.2 Å². The third kappa shape index (κ3) is 3.61. The molecule has 2 aliphatic rings. The summed E-state index contributed by atoms with van der Waals surface area (Å²) in [6.07, 6.45) is 2.27. The Balaban J connectivity index is 1.66. The third-order valence-corrected chi connectivity index (χ3v) is 6.10. The lowest BCUT2D eigenvalue weighted by atomic mass is 9.76. The molecule has 0 radical (unpaired) electrons. The average molecular weight is 367 g/mol. The largest absolute Gasteiger partial charge is 0.378 e. The van der Waals surface area contributed by atoms with E-state index in [0.717, 1.165) is 57.2 Å². The van der Waals surface area contributed by atoms with Crippen molar-refractivity contribution >= 4 is 11.5 Å². The molecule has 5 nitrogen and oxygen atoms in total. The van der Waals surface area contributed by atoms with Crippen LogP contribution in [0.15, 0.2) is 47.3 Å². The maximum Gasteiger partial charge on any atom is 0.251 e. The molecule has 1 N–H and O–H groups in total. The number of H-pyrrole nitrogens is 1. The van der Waals surface area contributed by atoms with E-state index < -0.39 is 0 Å². The van der Waals surface area contributed by atoms with Gasteiger partial charge in [0.1, 0.15) is 5.82 Å². The first kappa shape index (κ1) is 18.1. The fourth-order valence-corrected chi connectivity index (χ4v) is 4.54. The summed E-state index contributed by atoms with van der Waals surface area (Å²) in [5, 5.41) is 0. The Labute approximate surface area is 161 Å². The van der Waals surface area contributed by atoms with Crippen LogP contribution in [-0.4, -0.2) is 43.9 Å². The summed E-state index contributed by atoms with van der Waals surface area (Å²) in [4.78, 5) is 20.1. The van der Waals surface area contributed by atoms with Crippen LogP contribution in [0.25, 0.3) is 0 Å². The summed E-state index contributed by atoms with van der Waals surface area (Å²) < 4.78 is 5.45. The minimum atomic E-state index is -0.0304. The highest BCUT2D eigenvalue weighted by Crippen LogP contribution is 2.38. The quantitative estimate of drug-likeness (QED) is 0.902. The van der Waals surface area contributed by atoms with E-state index in [4.69, 9.17) is 4.74 Å². The lowest BCUT2D eigenvalue weighted by Crippen LogP contribution is -2.45. The highest BCUT2D eigenvalue weighted by Gasteiger charge is 2.39. The summed E-state index contributed by atoms with van der Waals surface area (Å²) in [6, 6.07) is 14.9. The minimum absolute atomic E-state index is 0.00359. The predicted octanol–water partition coefficient (Wildman–Crippen LogP) is 3.16. The van der Waals surface area contributed by atoms with Crippen LogP contribution in [0.3, 0.4) is 0 Å². The van der Waals surface area contributed by atoms with Gasteiger partial charge in [0, 0.05) is 48.9 Å². The number of benzene rings is 1. The van der Waals surface area contributed by atoms with E-state index in [1.165, 1.54) is 5.56 Å². The molecule has 1 aromatic heterocycles. The maximum atomic E-state index is 12.4. The highest BCUT2D eigenvalue weighted by atomic mass is 16.5. The van der Waals surface area contributed by atoms with E-state index in [-0.39, 0.29) is 11.0 Å². The molecule has 1 atom stereocenters. The molecule has 2 fully saturated rings. The van der Waals surface area contributed by atoms with Crippen molar-refractivity contribution in [1.29, 1.82) is 0 Å². The summed E-state index contributed by atoms with van der Waals surface area (Å²) in [5.41, 5.74) is 2.31. The number of rotatable bonds is 4. The summed E-state index contributed by atoms with van der Waals surface area (Å²) >= 11 is 0. The van der Waals surface area contributed by atoms with Crippen LogP contribution < -0.4 is 15.4 Å². The zero-order valence-corrected chi connectivity index (χ0v) is 16.3. The van der Waals surface area contributed by atoms with Gasteiger partial charge in [0.05, 0.1) is 13.2 Å². The molecule has 2 aliphatic heterocycles. The lowest BCUT2D eigenvalue weighted by molar-refractivity contribution is 0.122. The Hall–Kier alpha value is -2.27. The third-order valence-electron chi connectivity index (χ3n) is 6.10. The van der Waals surface area contributed by atoms with Gasteiger partial charge >= 0.3 is 0 Å². The van der Waals surface area contributed by atoms with Gasteiger partial charge in [0.25, 0.3) is 5.56 Å². The standard InChI is InChI=1S/C22H29N3O2/c1-22(2,17-7-4-3-5-8-17)19-9-6-10-25(19)20-15-18(16-21(26)23-20)24-11-13-27-14-12-24/h3-5,7-8,15-16,19H,6,9-14H2,1-2H3,(H,23,26). The minimum Gasteiger partial charge on any atom is -0.378 e. The van der Waals surface area contributed by atoms with Gasteiger partial charge in [-0.3, -0.25) is 4.79 Å². The van der Waals surface area contributed by atoms with Crippen molar-refractivity contribution in [3.63, 3.8) is 0 Å². The van der Waals surface area contributed by atoms with Crippen molar-refractivity contribution in [2.45, 2.75) is 38.1 Å². The molecule has 0 spiro atoms. The molecule has 0 amide bonds. The Morgan fingerprint density at radius 3 is 2.56 bits per heavy atom. The molecule has 0 bridgehead atoms. The fourth-order valence-electron chi connectivity index (χ4n) is 4.54. The monoisotopic (exact) mass is 367 g/mol. The molecule has 4 rings (SSSR count). The molecule has 27 heavy (non-hydrogen) atoms. The topological polar surface area (TPSA) is 48.6 Å². The van der Waals surface area contributed by atoms with Crippen molar-refractivity contribution in [1.82, 2.24) is 4.98 Å². The van der Waals surface area contributed by atoms with E-state index in [0.29, 0.717) is 6.04 Å². The van der Waals surface area contributed by atoms with Crippen LogP contribution in [-0.2, 0) is 10.2 Å². The molecule has 2 saturated heterocycles. The fraction of sp³-hybridized carbons (Fsp3) is 0.500. The van der Waals surface area contributed by atoms with Crippen molar-refractivity contribution in [2.75, 3.05) is 42.6 Å². The molecule has 1 unspecified atom stereocenters. The number of hydrogen-bond acceptors (Lipinski definition) is 4. The number of anilines is 2. The molecule has 1 aromatic carbocycles. The van der Waals surface area contributed by atoms with E-state index in [1.807, 2.05) is 0 Å². The van der Waals surface area contributed by atoms with Gasteiger partial charge in [-0.05, 0) is 18.4 Å². The van der Waals surface area contributed by atoms with Crippen LogP contribution in [0.5, 0.6) is 0 Å². The van der Waals surface area contributed by atoms with Crippen LogP contribution >= 0.6 is 0 Å². The molecule has 5 heteroatoms. The zero-order valence-electron chi connectivity index (χ0n) is 16.3. The molecule has 0 saturated carbocycles. The summed E-state index contributed by atoms with van der Waals surface area (Å²) in [6.45, 7) is 8.71.